The summed E-state index contributed by atoms with van der Waals surface area (Å²) in [5.41, 5.74) is -0.0546. The third-order valence-electron chi connectivity index (χ3n) is 4.03. The number of carbonyl (C=O) groups excluding carboxylic acids is 4. The van der Waals surface area contributed by atoms with Crippen LogP contribution in [0, 0.1) is 11.6 Å². The number of hydrogen-bond acceptors (Lipinski definition) is 4. The van der Waals surface area contributed by atoms with Gasteiger partial charge in [-0.1, -0.05) is 30.3 Å². The Morgan fingerprint density at radius 1 is 0.500 bits per heavy atom. The molecule has 10 heteroatoms. The summed E-state index contributed by atoms with van der Waals surface area (Å²) in [6, 6.07) is 16.3. The fraction of sp³-hybridized carbons (Fsp3) is 0. The molecule has 3 aromatic rings. The van der Waals surface area contributed by atoms with Crippen molar-refractivity contribution in [2.45, 2.75) is 0 Å². The van der Waals surface area contributed by atoms with Crippen LogP contribution in [0.4, 0.5) is 31.5 Å². The summed E-state index contributed by atoms with van der Waals surface area (Å²) in [7, 11) is 0. The Balaban J connectivity index is 1.60. The van der Waals surface area contributed by atoms with Crippen LogP contribution in [0.3, 0.4) is 0 Å². The van der Waals surface area contributed by atoms with Gasteiger partial charge < -0.3 is 21.3 Å². The Labute approximate surface area is 180 Å². The summed E-state index contributed by atoms with van der Waals surface area (Å²) in [4.78, 5) is 48.1. The molecule has 0 aromatic heterocycles. The highest BCUT2D eigenvalue weighted by Crippen LogP contribution is 2.17. The first-order valence-electron chi connectivity index (χ1n) is 9.17. The number of nitrogens with one attached hydrogen (secondary N) is 4. The van der Waals surface area contributed by atoms with Gasteiger partial charge in [0.25, 0.3) is 0 Å². The van der Waals surface area contributed by atoms with Crippen LogP contribution < -0.4 is 21.3 Å². The molecule has 0 radical (unpaired) electrons. The Kier molecular flexibility index (Phi) is 6.86. The molecule has 0 saturated carbocycles. The molecule has 8 nitrogen and oxygen atoms in total. The van der Waals surface area contributed by atoms with E-state index in [1.807, 2.05) is 0 Å². The monoisotopic (exact) mass is 438 g/mol. The van der Waals surface area contributed by atoms with Crippen LogP contribution in [-0.2, 0) is 19.2 Å². The van der Waals surface area contributed by atoms with E-state index in [1.54, 1.807) is 0 Å². The van der Waals surface area contributed by atoms with Crippen molar-refractivity contribution in [3.63, 3.8) is 0 Å². The zero-order valence-corrected chi connectivity index (χ0v) is 16.3. The number of hydrogen-bond donors (Lipinski definition) is 4. The van der Waals surface area contributed by atoms with Gasteiger partial charge in [0.15, 0.2) is 0 Å². The SMILES string of the molecule is O=C(Nc1cccc(NC(=O)C(=O)Nc2ccccc2F)c1)C(=O)Nc1ccccc1F. The molecule has 0 fully saturated rings. The molecule has 0 saturated heterocycles. The predicted octanol–water partition coefficient (Wildman–Crippen LogP) is 3.12. The molecule has 0 aliphatic heterocycles. The van der Waals surface area contributed by atoms with E-state index < -0.39 is 35.3 Å². The van der Waals surface area contributed by atoms with Gasteiger partial charge in [-0.3, -0.25) is 19.2 Å². The molecule has 0 aliphatic rings. The fourth-order valence-corrected chi connectivity index (χ4v) is 2.53. The largest absolute Gasteiger partial charge is 0.318 e. The quantitative estimate of drug-likeness (QED) is 0.469. The van der Waals surface area contributed by atoms with Gasteiger partial charge in [0.2, 0.25) is 0 Å². The molecule has 0 heterocycles. The van der Waals surface area contributed by atoms with Crippen LogP contribution >= 0.6 is 0 Å². The Morgan fingerprint density at radius 2 is 0.875 bits per heavy atom. The van der Waals surface area contributed by atoms with Crippen molar-refractivity contribution >= 4 is 46.4 Å². The lowest BCUT2D eigenvalue weighted by molar-refractivity contribution is -0.133. The number of amides is 4. The Morgan fingerprint density at radius 3 is 1.28 bits per heavy atom. The normalized spacial score (nSPS) is 10.1. The van der Waals surface area contributed by atoms with Crippen LogP contribution in [0.2, 0.25) is 0 Å². The van der Waals surface area contributed by atoms with Gasteiger partial charge in [0, 0.05) is 11.4 Å². The van der Waals surface area contributed by atoms with Crippen LogP contribution in [-0.4, -0.2) is 23.6 Å². The average molecular weight is 438 g/mol. The van der Waals surface area contributed by atoms with Gasteiger partial charge in [-0.25, -0.2) is 8.78 Å². The third kappa shape index (κ3) is 5.72. The second kappa shape index (κ2) is 9.94. The highest BCUT2D eigenvalue weighted by molar-refractivity contribution is 6.44. The molecule has 3 aromatic carbocycles. The Hall–Kier alpha value is -4.60. The predicted molar refractivity (Wildman–Crippen MR) is 114 cm³/mol. The highest BCUT2D eigenvalue weighted by atomic mass is 19.1. The maximum atomic E-state index is 13.6. The third-order valence-corrected chi connectivity index (χ3v) is 4.03. The van der Waals surface area contributed by atoms with Gasteiger partial charge in [-0.2, -0.15) is 0 Å². The lowest BCUT2D eigenvalue weighted by Crippen LogP contribution is -2.30. The molecule has 32 heavy (non-hydrogen) atoms. The highest BCUT2D eigenvalue weighted by Gasteiger charge is 2.18. The van der Waals surface area contributed by atoms with E-state index in [1.165, 1.54) is 60.7 Å². The molecule has 4 amide bonds. The summed E-state index contributed by atoms with van der Waals surface area (Å²) in [5.74, 6) is -5.76. The zero-order valence-electron chi connectivity index (χ0n) is 16.3. The van der Waals surface area contributed by atoms with Gasteiger partial charge >= 0.3 is 23.6 Å². The van der Waals surface area contributed by atoms with Crippen LogP contribution in [0.1, 0.15) is 0 Å². The molecular formula is C22H16F2N4O4. The maximum Gasteiger partial charge on any atom is 0.314 e. The number of anilines is 4. The Bertz CT molecular complexity index is 1110. The van der Waals surface area contributed by atoms with E-state index in [-0.39, 0.29) is 22.7 Å². The summed E-state index contributed by atoms with van der Waals surface area (Å²) >= 11 is 0. The van der Waals surface area contributed by atoms with E-state index in [0.717, 1.165) is 12.1 Å². The minimum atomic E-state index is -1.10. The minimum Gasteiger partial charge on any atom is -0.318 e. The van der Waals surface area contributed by atoms with Crippen molar-refractivity contribution < 1.29 is 28.0 Å². The molecule has 3 rings (SSSR count). The van der Waals surface area contributed by atoms with Crippen molar-refractivity contribution in [1.82, 2.24) is 0 Å². The van der Waals surface area contributed by atoms with E-state index >= 15 is 0 Å². The van der Waals surface area contributed by atoms with Crippen molar-refractivity contribution in [3.8, 4) is 0 Å². The number of rotatable bonds is 4. The van der Waals surface area contributed by atoms with Gasteiger partial charge in [-0.15, -0.1) is 0 Å². The van der Waals surface area contributed by atoms with E-state index in [9.17, 15) is 28.0 Å². The minimum absolute atomic E-state index is 0.131. The molecule has 0 atom stereocenters. The van der Waals surface area contributed by atoms with Crippen LogP contribution in [0.5, 0.6) is 0 Å². The summed E-state index contributed by atoms with van der Waals surface area (Å²) in [5, 5.41) is 8.87. The molecule has 0 spiro atoms. The summed E-state index contributed by atoms with van der Waals surface area (Å²) < 4.78 is 27.2. The van der Waals surface area contributed by atoms with Crippen LogP contribution in [0.15, 0.2) is 72.8 Å². The van der Waals surface area contributed by atoms with Gasteiger partial charge in [0.05, 0.1) is 11.4 Å². The lowest BCUT2D eigenvalue weighted by atomic mass is 10.2. The van der Waals surface area contributed by atoms with Crippen molar-refractivity contribution in [3.05, 3.63) is 84.4 Å². The maximum absolute atomic E-state index is 13.6. The smallest absolute Gasteiger partial charge is 0.314 e. The molecule has 162 valence electrons. The number of halogens is 2. The van der Waals surface area contributed by atoms with E-state index in [4.69, 9.17) is 0 Å². The van der Waals surface area contributed by atoms with Crippen molar-refractivity contribution in [1.29, 1.82) is 0 Å². The second-order valence-corrected chi connectivity index (χ2v) is 6.36. The fourth-order valence-electron chi connectivity index (χ4n) is 2.53. The van der Waals surface area contributed by atoms with Crippen LogP contribution in [0.25, 0.3) is 0 Å². The number of carbonyl (C=O) groups is 4. The lowest BCUT2D eigenvalue weighted by Gasteiger charge is -2.10. The van der Waals surface area contributed by atoms with Crippen molar-refractivity contribution in [2.75, 3.05) is 21.3 Å². The number of benzene rings is 3. The summed E-state index contributed by atoms with van der Waals surface area (Å²) in [6.07, 6.45) is 0. The van der Waals surface area contributed by atoms with Gasteiger partial charge in [0.1, 0.15) is 11.6 Å². The van der Waals surface area contributed by atoms with Gasteiger partial charge in [-0.05, 0) is 42.5 Å². The molecule has 0 unspecified atom stereocenters. The topological polar surface area (TPSA) is 116 Å². The molecule has 4 N–H and O–H groups in total. The average Bonchev–Trinajstić information content (AvgIpc) is 2.77. The standard InChI is InChI=1S/C22H16F2N4O4/c23-15-8-1-3-10-17(15)27-21(31)19(29)25-13-6-5-7-14(12-13)26-20(30)22(32)28-18-11-4-2-9-16(18)24/h1-12H,(H,25,29)(H,26,30)(H,27,31)(H,28,32). The van der Waals surface area contributed by atoms with E-state index in [0.29, 0.717) is 0 Å². The first-order chi connectivity index (χ1) is 15.3. The molecular weight excluding hydrogens is 422 g/mol. The zero-order chi connectivity index (χ0) is 23.1. The number of para-hydroxylation sites is 2. The molecule has 0 aliphatic carbocycles. The summed E-state index contributed by atoms with van der Waals surface area (Å²) in [6.45, 7) is 0. The van der Waals surface area contributed by atoms with Crippen molar-refractivity contribution in [2.24, 2.45) is 0 Å². The van der Waals surface area contributed by atoms with E-state index in [2.05, 4.69) is 21.3 Å². The second-order valence-electron chi connectivity index (χ2n) is 6.36. The first kappa shape index (κ1) is 22.1. The first-order valence-corrected chi connectivity index (χ1v) is 9.17. The molecule has 0 bridgehead atoms.